The number of esters is 1. The molecule has 4 rings (SSSR count). The first-order valence-corrected chi connectivity index (χ1v) is 11.9. The van der Waals surface area contributed by atoms with Gasteiger partial charge in [-0.25, -0.2) is 9.79 Å². The van der Waals surface area contributed by atoms with Crippen LogP contribution in [0.25, 0.3) is 6.08 Å². The summed E-state index contributed by atoms with van der Waals surface area (Å²) in [5.41, 5.74) is 2.43. The van der Waals surface area contributed by atoms with Crippen LogP contribution in [0.2, 0.25) is 0 Å². The number of ether oxygens (including phenoxy) is 2. The molecule has 2 heterocycles. The molecule has 0 saturated heterocycles. The van der Waals surface area contributed by atoms with Gasteiger partial charge in [-0.05, 0) is 77.9 Å². The first-order valence-electron chi connectivity index (χ1n) is 10.0. The minimum absolute atomic E-state index is 0.192. The zero-order valence-corrected chi connectivity index (χ0v) is 20.8. The van der Waals surface area contributed by atoms with Crippen LogP contribution in [-0.2, 0) is 9.53 Å². The van der Waals surface area contributed by atoms with Crippen LogP contribution in [0.15, 0.2) is 69.6 Å². The van der Waals surface area contributed by atoms with Crippen molar-refractivity contribution in [2.24, 2.45) is 4.99 Å². The van der Waals surface area contributed by atoms with Crippen molar-refractivity contribution < 1.29 is 14.3 Å². The van der Waals surface area contributed by atoms with Gasteiger partial charge in [0.05, 0.1) is 35.6 Å². The van der Waals surface area contributed by atoms with Crippen molar-refractivity contribution in [2.75, 3.05) is 13.7 Å². The Morgan fingerprint density at radius 3 is 2.50 bits per heavy atom. The summed E-state index contributed by atoms with van der Waals surface area (Å²) in [6.45, 7) is 3.77. The van der Waals surface area contributed by atoms with Gasteiger partial charge in [0.1, 0.15) is 5.75 Å². The number of carbonyl (C=O) groups excluding carboxylic acids is 1. The van der Waals surface area contributed by atoms with Crippen LogP contribution in [0.5, 0.6) is 5.75 Å². The number of nitrogens with zero attached hydrogens (tertiary/aromatic N) is 2. The van der Waals surface area contributed by atoms with Crippen molar-refractivity contribution in [3.05, 3.63) is 94.2 Å². The zero-order chi connectivity index (χ0) is 22.8. The van der Waals surface area contributed by atoms with E-state index in [1.165, 1.54) is 11.3 Å². The minimum atomic E-state index is -0.630. The van der Waals surface area contributed by atoms with E-state index in [9.17, 15) is 9.59 Å². The normalized spacial score (nSPS) is 15.9. The summed E-state index contributed by atoms with van der Waals surface area (Å²) in [4.78, 5) is 31.5. The van der Waals surface area contributed by atoms with E-state index in [4.69, 9.17) is 9.47 Å². The molecule has 0 bridgehead atoms. The fourth-order valence-electron chi connectivity index (χ4n) is 3.60. The van der Waals surface area contributed by atoms with Crippen molar-refractivity contribution in [3.63, 3.8) is 0 Å². The predicted molar refractivity (Wildman–Crippen MR) is 133 cm³/mol. The van der Waals surface area contributed by atoms with Gasteiger partial charge in [0.15, 0.2) is 4.80 Å². The van der Waals surface area contributed by atoms with E-state index in [2.05, 4.69) is 27.6 Å². The number of halogens is 1. The number of fused-ring (bicyclic) bond motifs is 1. The monoisotopic (exact) mass is 560 g/mol. The van der Waals surface area contributed by atoms with E-state index >= 15 is 0 Å². The Hall–Kier alpha value is -2.72. The molecular formula is C24H21IN2O4S. The Morgan fingerprint density at radius 2 is 1.88 bits per heavy atom. The summed E-state index contributed by atoms with van der Waals surface area (Å²) in [7, 11) is 1.59. The van der Waals surface area contributed by atoms with Gasteiger partial charge in [-0.1, -0.05) is 35.6 Å². The molecule has 1 aliphatic rings. The lowest BCUT2D eigenvalue weighted by Crippen LogP contribution is -2.39. The summed E-state index contributed by atoms with van der Waals surface area (Å²) in [6, 6.07) is 14.6. The maximum absolute atomic E-state index is 13.5. The molecule has 1 aliphatic heterocycles. The summed E-state index contributed by atoms with van der Waals surface area (Å²) in [5, 5.41) is 0. The summed E-state index contributed by atoms with van der Waals surface area (Å²) >= 11 is 3.56. The van der Waals surface area contributed by atoms with Gasteiger partial charge in [-0.2, -0.15) is 0 Å². The van der Waals surface area contributed by atoms with Gasteiger partial charge in [0, 0.05) is 3.57 Å². The fraction of sp³-hybridized carbons (Fsp3) is 0.208. The number of carbonyl (C=O) groups is 1. The van der Waals surface area contributed by atoms with E-state index < -0.39 is 12.0 Å². The van der Waals surface area contributed by atoms with Crippen molar-refractivity contribution in [2.45, 2.75) is 19.9 Å². The highest BCUT2D eigenvalue weighted by atomic mass is 127. The van der Waals surface area contributed by atoms with Gasteiger partial charge in [-0.3, -0.25) is 9.36 Å². The van der Waals surface area contributed by atoms with Crippen molar-refractivity contribution >= 4 is 46.0 Å². The number of aromatic nitrogens is 1. The predicted octanol–water partition coefficient (Wildman–Crippen LogP) is 3.41. The highest BCUT2D eigenvalue weighted by molar-refractivity contribution is 14.1. The van der Waals surface area contributed by atoms with Crippen molar-refractivity contribution in [1.82, 2.24) is 4.57 Å². The van der Waals surface area contributed by atoms with E-state index in [0.717, 1.165) is 14.7 Å². The molecule has 3 aromatic rings. The standard InChI is InChI=1S/C24H21IN2O4S/c1-4-31-23(29)20-14(2)26-24-27(21(20)16-7-11-18(30-3)12-8-16)22(28)19(32-24)13-15-5-9-17(25)10-6-15/h5-13,21H,4H2,1-3H3/b19-13+/t21-/m1/s1. The van der Waals surface area contributed by atoms with E-state index in [0.29, 0.717) is 26.4 Å². The van der Waals surface area contributed by atoms with E-state index in [1.54, 1.807) is 25.5 Å². The minimum Gasteiger partial charge on any atom is -0.497 e. The molecule has 0 unspecified atom stereocenters. The highest BCUT2D eigenvalue weighted by Gasteiger charge is 2.33. The third-order valence-electron chi connectivity index (χ3n) is 5.12. The average Bonchev–Trinajstić information content (AvgIpc) is 3.09. The SMILES string of the molecule is CCOC(=O)C1=C(C)N=c2s/c(=C/c3ccc(I)cc3)c(=O)n2[C@@H]1c1ccc(OC)cc1. The number of thiazole rings is 1. The van der Waals surface area contributed by atoms with Gasteiger partial charge in [0.2, 0.25) is 0 Å². The second-order valence-electron chi connectivity index (χ2n) is 7.13. The third kappa shape index (κ3) is 4.29. The van der Waals surface area contributed by atoms with Crippen LogP contribution in [0.4, 0.5) is 0 Å². The molecule has 1 aromatic heterocycles. The Balaban J connectivity index is 1.93. The Morgan fingerprint density at radius 1 is 1.19 bits per heavy atom. The molecule has 0 spiro atoms. The van der Waals surface area contributed by atoms with Crippen LogP contribution >= 0.6 is 33.9 Å². The lowest BCUT2D eigenvalue weighted by Gasteiger charge is -2.24. The van der Waals surface area contributed by atoms with Gasteiger partial charge >= 0.3 is 5.97 Å². The topological polar surface area (TPSA) is 69.9 Å². The molecule has 0 saturated carbocycles. The van der Waals surface area contributed by atoms with Crippen LogP contribution in [0.3, 0.4) is 0 Å². The number of hydrogen-bond acceptors (Lipinski definition) is 6. The molecule has 0 N–H and O–H groups in total. The molecule has 6 nitrogen and oxygen atoms in total. The van der Waals surface area contributed by atoms with Crippen LogP contribution in [0, 0.1) is 3.57 Å². The molecular weight excluding hydrogens is 539 g/mol. The number of allylic oxidation sites excluding steroid dienone is 1. The maximum atomic E-state index is 13.5. The Bertz CT molecular complexity index is 1370. The average molecular weight is 560 g/mol. The zero-order valence-electron chi connectivity index (χ0n) is 17.8. The van der Waals surface area contributed by atoms with Gasteiger partial charge in [0.25, 0.3) is 5.56 Å². The van der Waals surface area contributed by atoms with Gasteiger partial charge < -0.3 is 9.47 Å². The number of benzene rings is 2. The van der Waals surface area contributed by atoms with Crippen LogP contribution in [-0.4, -0.2) is 24.3 Å². The van der Waals surface area contributed by atoms with Crippen LogP contribution in [0.1, 0.15) is 31.0 Å². The molecule has 32 heavy (non-hydrogen) atoms. The first-order chi connectivity index (χ1) is 15.4. The highest BCUT2D eigenvalue weighted by Crippen LogP contribution is 2.31. The number of hydrogen-bond donors (Lipinski definition) is 0. The molecule has 0 fully saturated rings. The van der Waals surface area contributed by atoms with Crippen molar-refractivity contribution in [3.8, 4) is 5.75 Å². The molecule has 0 amide bonds. The van der Waals surface area contributed by atoms with E-state index in [-0.39, 0.29) is 12.2 Å². The quantitative estimate of drug-likeness (QED) is 0.355. The number of rotatable bonds is 5. The summed E-state index contributed by atoms with van der Waals surface area (Å²) in [5.74, 6) is 0.222. The summed E-state index contributed by atoms with van der Waals surface area (Å²) < 4.78 is 13.8. The largest absolute Gasteiger partial charge is 0.497 e. The molecule has 2 aromatic carbocycles. The Kier molecular flexibility index (Phi) is 6.61. The maximum Gasteiger partial charge on any atom is 0.338 e. The van der Waals surface area contributed by atoms with Crippen LogP contribution < -0.4 is 19.6 Å². The van der Waals surface area contributed by atoms with E-state index in [1.807, 2.05) is 54.6 Å². The molecule has 164 valence electrons. The second kappa shape index (κ2) is 9.41. The lowest BCUT2D eigenvalue weighted by molar-refractivity contribution is -0.139. The van der Waals surface area contributed by atoms with Crippen molar-refractivity contribution in [1.29, 1.82) is 0 Å². The first kappa shape index (κ1) is 22.5. The molecule has 0 aliphatic carbocycles. The molecule has 0 radical (unpaired) electrons. The molecule has 1 atom stereocenters. The number of methoxy groups -OCH3 is 1. The smallest absolute Gasteiger partial charge is 0.338 e. The lowest BCUT2D eigenvalue weighted by atomic mass is 9.96. The third-order valence-corrected chi connectivity index (χ3v) is 6.82. The molecule has 8 heteroatoms. The second-order valence-corrected chi connectivity index (χ2v) is 9.38. The van der Waals surface area contributed by atoms with Gasteiger partial charge in [-0.15, -0.1) is 0 Å². The summed E-state index contributed by atoms with van der Waals surface area (Å²) in [6.07, 6.45) is 1.86. The Labute approximate surface area is 202 Å². The fourth-order valence-corrected chi connectivity index (χ4v) is 5.01.